The van der Waals surface area contributed by atoms with Gasteiger partial charge in [-0.15, -0.1) is 5.10 Å². The lowest BCUT2D eigenvalue weighted by molar-refractivity contribution is 0.132. The molecule has 1 N–H and O–H groups in total. The highest BCUT2D eigenvalue weighted by Crippen LogP contribution is 2.28. The van der Waals surface area contributed by atoms with Crippen LogP contribution in [0.4, 0.5) is 9.18 Å². The number of tetrazole rings is 1. The number of halogens is 1. The van der Waals surface area contributed by atoms with Crippen molar-refractivity contribution in [2.24, 2.45) is 0 Å². The molecule has 1 fully saturated rings. The highest BCUT2D eigenvalue weighted by molar-refractivity contribution is 5.83. The number of aromatic nitrogens is 6. The number of amides is 1. The molecule has 3 aromatic heterocycles. The molecule has 0 radical (unpaired) electrons. The van der Waals surface area contributed by atoms with E-state index in [-0.39, 0.29) is 5.82 Å². The van der Waals surface area contributed by atoms with Gasteiger partial charge in [0.2, 0.25) is 0 Å². The number of likely N-dealkylation sites (tertiary alicyclic amines) is 1. The molecule has 1 aliphatic rings. The van der Waals surface area contributed by atoms with Crippen LogP contribution in [0.1, 0.15) is 30.0 Å². The number of piperidine rings is 1. The molecular formula is C21H20FN7O2. The van der Waals surface area contributed by atoms with E-state index in [2.05, 4.69) is 20.5 Å². The normalized spacial score (nSPS) is 14.9. The lowest BCUT2D eigenvalue weighted by Gasteiger charge is -2.30. The quantitative estimate of drug-likeness (QED) is 0.543. The van der Waals surface area contributed by atoms with Crippen LogP contribution < -0.4 is 0 Å². The average molecular weight is 421 g/mol. The molecule has 158 valence electrons. The highest BCUT2D eigenvalue weighted by atomic mass is 19.1. The van der Waals surface area contributed by atoms with E-state index in [0.29, 0.717) is 36.8 Å². The predicted molar refractivity (Wildman–Crippen MR) is 110 cm³/mol. The molecule has 0 spiro atoms. The van der Waals surface area contributed by atoms with Crippen LogP contribution in [0.15, 0.2) is 49.1 Å². The monoisotopic (exact) mass is 421 g/mol. The Kier molecular flexibility index (Phi) is 4.81. The van der Waals surface area contributed by atoms with Crippen LogP contribution in [0, 0.1) is 5.82 Å². The lowest BCUT2D eigenvalue weighted by Crippen LogP contribution is -2.36. The lowest BCUT2D eigenvalue weighted by atomic mass is 9.90. The molecule has 0 saturated carbocycles. The van der Waals surface area contributed by atoms with Crippen molar-refractivity contribution in [1.82, 2.24) is 34.7 Å². The van der Waals surface area contributed by atoms with E-state index < -0.39 is 6.09 Å². The maximum Gasteiger partial charge on any atom is 0.407 e. The number of hydrogen-bond acceptors (Lipinski definition) is 5. The zero-order valence-electron chi connectivity index (χ0n) is 16.6. The Morgan fingerprint density at radius 3 is 2.71 bits per heavy atom. The van der Waals surface area contributed by atoms with Crippen LogP contribution in [0.3, 0.4) is 0 Å². The molecule has 31 heavy (non-hydrogen) atoms. The highest BCUT2D eigenvalue weighted by Gasteiger charge is 2.23. The molecule has 1 aliphatic heterocycles. The number of rotatable bonds is 4. The van der Waals surface area contributed by atoms with E-state index in [9.17, 15) is 9.18 Å². The Labute approximate surface area is 176 Å². The summed E-state index contributed by atoms with van der Waals surface area (Å²) in [4.78, 5) is 17.1. The third-order valence-electron chi connectivity index (χ3n) is 5.83. The average Bonchev–Trinajstić information content (AvgIpc) is 3.45. The number of benzene rings is 1. The minimum atomic E-state index is -0.858. The van der Waals surface area contributed by atoms with E-state index in [4.69, 9.17) is 5.11 Å². The van der Waals surface area contributed by atoms with Gasteiger partial charge in [0.05, 0.1) is 23.4 Å². The smallest absolute Gasteiger partial charge is 0.407 e. The zero-order chi connectivity index (χ0) is 21.4. The predicted octanol–water partition coefficient (Wildman–Crippen LogP) is 3.06. The second-order valence-corrected chi connectivity index (χ2v) is 7.69. The fourth-order valence-electron chi connectivity index (χ4n) is 4.17. The Morgan fingerprint density at radius 2 is 2.03 bits per heavy atom. The van der Waals surface area contributed by atoms with Gasteiger partial charge >= 0.3 is 6.09 Å². The molecule has 1 amide bonds. The molecule has 1 aromatic carbocycles. The van der Waals surface area contributed by atoms with Gasteiger partial charge in [0, 0.05) is 36.9 Å². The summed E-state index contributed by atoms with van der Waals surface area (Å²) in [5.74, 6) is -0.0403. The van der Waals surface area contributed by atoms with Gasteiger partial charge in [-0.3, -0.25) is 4.98 Å². The number of pyridine rings is 1. The van der Waals surface area contributed by atoms with Crippen LogP contribution in [-0.2, 0) is 6.54 Å². The molecular weight excluding hydrogens is 401 g/mol. The first-order valence-electron chi connectivity index (χ1n) is 10.0. The summed E-state index contributed by atoms with van der Waals surface area (Å²) in [6, 6.07) is 9.11. The summed E-state index contributed by atoms with van der Waals surface area (Å²) < 4.78 is 18.1. The summed E-state index contributed by atoms with van der Waals surface area (Å²) in [6.07, 6.45) is 5.86. The Hall–Kier alpha value is -3.82. The molecule has 4 heterocycles. The summed E-state index contributed by atoms with van der Waals surface area (Å²) in [5, 5.41) is 20.8. The van der Waals surface area contributed by atoms with Crippen molar-refractivity contribution in [3.63, 3.8) is 0 Å². The van der Waals surface area contributed by atoms with Crippen molar-refractivity contribution in [3.8, 4) is 5.69 Å². The van der Waals surface area contributed by atoms with Crippen molar-refractivity contribution in [3.05, 3.63) is 66.1 Å². The molecule has 1 saturated heterocycles. The third kappa shape index (κ3) is 3.72. The molecule has 9 nitrogen and oxygen atoms in total. The van der Waals surface area contributed by atoms with Crippen molar-refractivity contribution in [1.29, 1.82) is 0 Å². The van der Waals surface area contributed by atoms with Crippen LogP contribution in [0.5, 0.6) is 0 Å². The number of fused-ring (bicyclic) bond motifs is 1. The van der Waals surface area contributed by atoms with Crippen LogP contribution in [-0.4, -0.2) is 58.9 Å². The van der Waals surface area contributed by atoms with E-state index in [1.165, 1.54) is 22.0 Å². The fraction of sp³-hybridized carbons (Fsp3) is 0.286. The number of nitrogens with zero attached hydrogens (tertiary/aromatic N) is 7. The first kappa shape index (κ1) is 19.2. The summed E-state index contributed by atoms with van der Waals surface area (Å²) >= 11 is 0. The Morgan fingerprint density at radius 1 is 1.19 bits per heavy atom. The second-order valence-electron chi connectivity index (χ2n) is 7.69. The summed E-state index contributed by atoms with van der Waals surface area (Å²) in [6.45, 7) is 1.54. The SMILES string of the molecule is O=C(O)N1CCC(c2ccc(Cn3ccc4cc(-n5cnnn5)cc(F)c43)nc2)CC1. The van der Waals surface area contributed by atoms with E-state index in [1.54, 1.807) is 0 Å². The van der Waals surface area contributed by atoms with Gasteiger partial charge in [0.1, 0.15) is 12.1 Å². The first-order chi connectivity index (χ1) is 15.1. The van der Waals surface area contributed by atoms with Gasteiger partial charge in [0.15, 0.2) is 0 Å². The van der Waals surface area contributed by atoms with Gasteiger partial charge in [-0.05, 0) is 52.9 Å². The fourth-order valence-corrected chi connectivity index (χ4v) is 4.17. The summed E-state index contributed by atoms with van der Waals surface area (Å²) in [5.41, 5.74) is 3.00. The van der Waals surface area contributed by atoms with Crippen molar-refractivity contribution in [2.45, 2.75) is 25.3 Å². The molecule has 0 bridgehead atoms. The molecule has 0 unspecified atom stereocenters. The van der Waals surface area contributed by atoms with Crippen molar-refractivity contribution >= 4 is 17.0 Å². The van der Waals surface area contributed by atoms with Crippen molar-refractivity contribution in [2.75, 3.05) is 13.1 Å². The van der Waals surface area contributed by atoms with Gasteiger partial charge in [-0.25, -0.2) is 13.9 Å². The Bertz CT molecular complexity index is 1210. The van der Waals surface area contributed by atoms with Crippen LogP contribution >= 0.6 is 0 Å². The van der Waals surface area contributed by atoms with E-state index >= 15 is 0 Å². The minimum absolute atomic E-state index is 0.312. The van der Waals surface area contributed by atoms with Gasteiger partial charge in [-0.1, -0.05) is 6.07 Å². The second kappa shape index (κ2) is 7.78. The molecule has 10 heteroatoms. The number of carboxylic acid groups (broad SMARTS) is 1. The van der Waals surface area contributed by atoms with Gasteiger partial charge < -0.3 is 14.6 Å². The Balaban J connectivity index is 1.33. The minimum Gasteiger partial charge on any atom is -0.465 e. The standard InChI is InChI=1S/C21H20FN7O2/c22-19-10-18(29-13-24-25-26-29)9-15-5-8-28(20(15)19)12-17-2-1-16(11-23-17)14-3-6-27(7-4-14)21(30)31/h1-2,5,8-11,13-14H,3-4,6-7,12H2,(H,30,31). The maximum absolute atomic E-state index is 14.9. The van der Waals surface area contributed by atoms with E-state index in [1.807, 2.05) is 41.2 Å². The van der Waals surface area contributed by atoms with Gasteiger partial charge in [-0.2, -0.15) is 0 Å². The first-order valence-corrected chi connectivity index (χ1v) is 10.0. The van der Waals surface area contributed by atoms with E-state index in [0.717, 1.165) is 29.5 Å². The number of hydrogen-bond donors (Lipinski definition) is 1. The number of carbonyl (C=O) groups is 1. The third-order valence-corrected chi connectivity index (χ3v) is 5.83. The molecule has 0 aliphatic carbocycles. The maximum atomic E-state index is 14.9. The molecule has 5 rings (SSSR count). The van der Waals surface area contributed by atoms with Crippen LogP contribution in [0.25, 0.3) is 16.6 Å². The van der Waals surface area contributed by atoms with Crippen molar-refractivity contribution < 1.29 is 14.3 Å². The zero-order valence-corrected chi connectivity index (χ0v) is 16.6. The van der Waals surface area contributed by atoms with Crippen LogP contribution in [0.2, 0.25) is 0 Å². The topological polar surface area (TPSA) is 102 Å². The van der Waals surface area contributed by atoms with Gasteiger partial charge in [0.25, 0.3) is 0 Å². The molecule has 0 atom stereocenters. The molecule has 4 aromatic rings. The largest absolute Gasteiger partial charge is 0.465 e. The summed E-state index contributed by atoms with van der Waals surface area (Å²) in [7, 11) is 0.